The Morgan fingerprint density at radius 3 is 2.58 bits per heavy atom. The van der Waals surface area contributed by atoms with Gasteiger partial charge in [0, 0.05) is 24.8 Å². The molecule has 10 nitrogen and oxygen atoms in total. The molecule has 0 aromatic carbocycles. The number of amides is 1. The summed E-state index contributed by atoms with van der Waals surface area (Å²) in [7, 11) is 2.22. The molecular weight excluding hydrogens is 612 g/mol. The molecule has 2 saturated heterocycles. The molecule has 48 heavy (non-hydrogen) atoms. The monoisotopic (exact) mass is 677 g/mol. The Morgan fingerprint density at radius 1 is 1.21 bits per heavy atom. The van der Waals surface area contributed by atoms with Crippen LogP contribution in [0.15, 0.2) is 36.0 Å². The minimum absolute atomic E-state index is 0.0971. The largest absolute Gasteiger partial charge is 0.457 e. The fraction of sp³-hybridized carbons (Fsp3) is 0.789. The predicted octanol–water partition coefficient (Wildman–Crippen LogP) is 5.16. The third-order valence-corrected chi connectivity index (χ3v) is 11.1. The van der Waals surface area contributed by atoms with Crippen LogP contribution in [-0.2, 0) is 19.0 Å². The quantitative estimate of drug-likeness (QED) is 0.0952. The van der Waals surface area contributed by atoms with Gasteiger partial charge in [0.05, 0.1) is 63.6 Å². The lowest BCUT2D eigenvalue weighted by atomic mass is 9.88. The van der Waals surface area contributed by atoms with Crippen LogP contribution in [0.3, 0.4) is 0 Å². The van der Waals surface area contributed by atoms with Crippen molar-refractivity contribution in [2.45, 2.75) is 142 Å². The molecule has 0 radical (unpaired) electrons. The van der Waals surface area contributed by atoms with Gasteiger partial charge in [-0.25, -0.2) is 4.79 Å². The second kappa shape index (κ2) is 17.6. The summed E-state index contributed by atoms with van der Waals surface area (Å²) >= 11 is 0. The molecule has 3 aliphatic rings. The average Bonchev–Trinajstić information content (AvgIpc) is 3.82. The Balaban J connectivity index is 1.73. The summed E-state index contributed by atoms with van der Waals surface area (Å²) in [5, 5.41) is 32.3. The molecule has 1 unspecified atom stereocenters. The van der Waals surface area contributed by atoms with Crippen LogP contribution < -0.4 is 0 Å². The standard InChI is InChI=1S/C38H65N2O8/c1-10-31(42)29(7)36-32(46-36)23-26(4)13-11-14-27(5)35-28(6)15-16-33(38(8,45)18-17-30(41)24-34(43)48-35)47-37(44)39-19-12-21-40(9,22-20-39)25(2)3/h11,13-16,25-26,28-33,35-36,41-42,45H,10,12,17-24H2,1-9H3/q+1/t26-,28+,29-,30-,31+,32-,33+,35-,36-,38-,40?/m1/s1. The lowest BCUT2D eigenvalue weighted by molar-refractivity contribution is -0.927. The molecule has 2 fully saturated rings. The summed E-state index contributed by atoms with van der Waals surface area (Å²) in [6.07, 6.45) is 8.95. The van der Waals surface area contributed by atoms with Crippen molar-refractivity contribution in [2.75, 3.05) is 33.2 Å². The smallest absolute Gasteiger partial charge is 0.410 e. The number of carbonyl (C=O) groups is 2. The van der Waals surface area contributed by atoms with E-state index in [1.807, 2.05) is 45.9 Å². The first-order chi connectivity index (χ1) is 22.5. The first-order valence-corrected chi connectivity index (χ1v) is 18.2. The minimum Gasteiger partial charge on any atom is -0.457 e. The number of allylic oxidation sites excluding steroid dienone is 3. The zero-order valence-corrected chi connectivity index (χ0v) is 31.0. The topological polar surface area (TPSA) is 129 Å². The molecule has 0 bridgehead atoms. The van der Waals surface area contributed by atoms with Crippen LogP contribution >= 0.6 is 0 Å². The lowest BCUT2D eigenvalue weighted by Gasteiger charge is -2.37. The maximum atomic E-state index is 13.5. The Bertz CT molecular complexity index is 1150. The van der Waals surface area contributed by atoms with Crippen molar-refractivity contribution in [3.63, 3.8) is 0 Å². The van der Waals surface area contributed by atoms with Crippen LogP contribution in [0.2, 0.25) is 0 Å². The number of carbonyl (C=O) groups excluding carboxylic acids is 2. The Labute approximate surface area is 289 Å². The highest BCUT2D eigenvalue weighted by Gasteiger charge is 2.45. The molecular formula is C38H65N2O8+. The van der Waals surface area contributed by atoms with Crippen molar-refractivity contribution in [2.24, 2.45) is 17.8 Å². The number of rotatable bonds is 10. The van der Waals surface area contributed by atoms with E-state index in [4.69, 9.17) is 14.2 Å². The Hall–Kier alpha value is -2.24. The third-order valence-electron chi connectivity index (χ3n) is 11.1. The second-order valence-corrected chi connectivity index (χ2v) is 15.6. The number of quaternary nitrogens is 1. The van der Waals surface area contributed by atoms with Gasteiger partial charge >= 0.3 is 12.1 Å². The molecule has 0 saturated carbocycles. The Morgan fingerprint density at radius 2 is 1.92 bits per heavy atom. The molecule has 274 valence electrons. The van der Waals surface area contributed by atoms with Gasteiger partial charge in [0.25, 0.3) is 0 Å². The zero-order chi connectivity index (χ0) is 35.8. The van der Waals surface area contributed by atoms with Gasteiger partial charge < -0.3 is 38.9 Å². The van der Waals surface area contributed by atoms with Crippen molar-refractivity contribution in [1.82, 2.24) is 4.90 Å². The van der Waals surface area contributed by atoms with E-state index in [1.54, 1.807) is 17.9 Å². The first-order valence-electron chi connectivity index (χ1n) is 18.2. The second-order valence-electron chi connectivity index (χ2n) is 15.6. The predicted molar refractivity (Wildman–Crippen MR) is 187 cm³/mol. The van der Waals surface area contributed by atoms with Crippen molar-refractivity contribution in [1.29, 1.82) is 0 Å². The number of hydrogen-bond acceptors (Lipinski definition) is 8. The summed E-state index contributed by atoms with van der Waals surface area (Å²) in [6, 6.07) is 0.447. The van der Waals surface area contributed by atoms with E-state index < -0.39 is 36.0 Å². The van der Waals surface area contributed by atoms with Crippen LogP contribution in [0.4, 0.5) is 4.79 Å². The molecule has 1 amide bonds. The summed E-state index contributed by atoms with van der Waals surface area (Å²) in [5.74, 6) is -0.446. The summed E-state index contributed by atoms with van der Waals surface area (Å²) in [6.45, 7) is 19.0. The van der Waals surface area contributed by atoms with E-state index >= 15 is 0 Å². The van der Waals surface area contributed by atoms with E-state index in [0.29, 0.717) is 25.6 Å². The van der Waals surface area contributed by atoms with Crippen molar-refractivity contribution < 1.29 is 43.6 Å². The van der Waals surface area contributed by atoms with Gasteiger partial charge in [-0.1, -0.05) is 52.0 Å². The Kier molecular flexibility index (Phi) is 14.7. The highest BCUT2D eigenvalue weighted by atomic mass is 16.6. The van der Waals surface area contributed by atoms with Crippen LogP contribution in [0.25, 0.3) is 0 Å². The van der Waals surface area contributed by atoms with Gasteiger partial charge in [-0.3, -0.25) is 4.79 Å². The highest BCUT2D eigenvalue weighted by Crippen LogP contribution is 2.36. The molecule has 10 heteroatoms. The molecule has 0 aromatic rings. The van der Waals surface area contributed by atoms with E-state index in [1.165, 1.54) is 0 Å². The maximum absolute atomic E-state index is 13.5. The summed E-state index contributed by atoms with van der Waals surface area (Å²) < 4.78 is 18.7. The molecule has 3 N–H and O–H groups in total. The van der Waals surface area contributed by atoms with Crippen LogP contribution in [0.5, 0.6) is 0 Å². The van der Waals surface area contributed by atoms with Gasteiger partial charge in [0.1, 0.15) is 11.7 Å². The number of aliphatic hydroxyl groups excluding tert-OH is 2. The fourth-order valence-electron chi connectivity index (χ4n) is 6.86. The summed E-state index contributed by atoms with van der Waals surface area (Å²) in [4.78, 5) is 28.1. The van der Waals surface area contributed by atoms with Crippen molar-refractivity contribution in [3.8, 4) is 0 Å². The van der Waals surface area contributed by atoms with E-state index in [9.17, 15) is 24.9 Å². The van der Waals surface area contributed by atoms with Crippen LogP contribution in [0, 0.1) is 17.8 Å². The highest BCUT2D eigenvalue weighted by molar-refractivity contribution is 5.70. The normalized spacial score (nSPS) is 36.1. The average molecular weight is 678 g/mol. The number of cyclic esters (lactones) is 1. The molecule has 3 heterocycles. The van der Waals surface area contributed by atoms with Crippen LogP contribution in [-0.4, -0.2) is 118 Å². The van der Waals surface area contributed by atoms with Gasteiger partial charge in [-0.2, -0.15) is 0 Å². The fourth-order valence-corrected chi connectivity index (χ4v) is 6.86. The lowest BCUT2D eigenvalue weighted by Crippen LogP contribution is -2.52. The van der Waals surface area contributed by atoms with Gasteiger partial charge in [-0.15, -0.1) is 0 Å². The number of esters is 1. The minimum atomic E-state index is -1.46. The van der Waals surface area contributed by atoms with E-state index in [-0.39, 0.29) is 55.3 Å². The third kappa shape index (κ3) is 11.4. The molecule has 0 aliphatic carbocycles. The SMILES string of the molecule is CC[C@H](O)[C@@H](C)[C@H]1O[C@@H]1C[C@H](C)C=CC=C(C)[C@H]1OC(=O)C[C@H](O)CC[C@@](C)(O)[C@@H](OC(=O)N2CCC[N+](C)(C(C)C)CC2)C=C[C@@H]1C. The van der Waals surface area contributed by atoms with Crippen molar-refractivity contribution >= 4 is 12.1 Å². The first kappa shape index (κ1) is 40.2. The van der Waals surface area contributed by atoms with Crippen LogP contribution in [0.1, 0.15) is 93.9 Å². The summed E-state index contributed by atoms with van der Waals surface area (Å²) in [5.41, 5.74) is -0.632. The molecule has 3 rings (SSSR count). The number of likely N-dealkylation sites (N-methyl/N-ethyl adjacent to an activating group) is 1. The number of hydrogen-bond donors (Lipinski definition) is 3. The number of epoxide rings is 1. The maximum Gasteiger partial charge on any atom is 0.410 e. The van der Waals surface area contributed by atoms with E-state index in [0.717, 1.165) is 36.0 Å². The van der Waals surface area contributed by atoms with Crippen molar-refractivity contribution in [3.05, 3.63) is 36.0 Å². The molecule has 11 atom stereocenters. The van der Waals surface area contributed by atoms with Gasteiger partial charge in [0.15, 0.2) is 6.10 Å². The van der Waals surface area contributed by atoms with E-state index in [2.05, 4.69) is 33.9 Å². The number of aliphatic hydroxyl groups is 3. The van der Waals surface area contributed by atoms with Gasteiger partial charge in [-0.05, 0) is 70.9 Å². The van der Waals surface area contributed by atoms with Gasteiger partial charge in [0.2, 0.25) is 0 Å². The number of nitrogens with zero attached hydrogens (tertiary/aromatic N) is 2. The molecule has 3 aliphatic heterocycles. The zero-order valence-electron chi connectivity index (χ0n) is 31.0. The number of ether oxygens (including phenoxy) is 3. The molecule has 0 spiro atoms. The molecule has 0 aromatic heterocycles.